The molecule has 0 saturated carbocycles. The van der Waals surface area contributed by atoms with E-state index in [1.54, 1.807) is 17.0 Å². The normalized spacial score (nSPS) is 14.9. The van der Waals surface area contributed by atoms with Gasteiger partial charge in [-0.15, -0.1) is 0 Å². The molecular formula is C17H23ClN4O3. The maximum atomic E-state index is 12.0. The summed E-state index contributed by atoms with van der Waals surface area (Å²) < 4.78 is 0. The summed E-state index contributed by atoms with van der Waals surface area (Å²) in [5, 5.41) is 5.96. The van der Waals surface area contributed by atoms with Crippen LogP contribution in [0.15, 0.2) is 18.2 Å². The SMILES string of the molecule is CC(=O)NCC(=O)N1CCN(Cc2cc(Cl)ccc2NC(C)=O)CC1. The molecule has 7 nitrogen and oxygen atoms in total. The minimum Gasteiger partial charge on any atom is -0.347 e. The number of hydrogen-bond donors (Lipinski definition) is 2. The van der Waals surface area contributed by atoms with Crippen LogP contribution in [-0.2, 0) is 20.9 Å². The highest BCUT2D eigenvalue weighted by molar-refractivity contribution is 6.30. The quantitative estimate of drug-likeness (QED) is 0.817. The molecule has 3 amide bonds. The van der Waals surface area contributed by atoms with E-state index in [9.17, 15) is 14.4 Å². The number of halogens is 1. The number of carbonyl (C=O) groups excluding carboxylic acids is 3. The molecule has 0 spiro atoms. The minimum atomic E-state index is -0.210. The molecule has 2 N–H and O–H groups in total. The van der Waals surface area contributed by atoms with Gasteiger partial charge in [0.15, 0.2) is 0 Å². The first-order chi connectivity index (χ1) is 11.8. The van der Waals surface area contributed by atoms with Crippen LogP contribution in [-0.4, -0.2) is 60.2 Å². The van der Waals surface area contributed by atoms with Gasteiger partial charge < -0.3 is 15.5 Å². The highest BCUT2D eigenvalue weighted by Crippen LogP contribution is 2.23. The van der Waals surface area contributed by atoms with Crippen LogP contribution in [0.1, 0.15) is 19.4 Å². The lowest BCUT2D eigenvalue weighted by Gasteiger charge is -2.35. The number of anilines is 1. The highest BCUT2D eigenvalue weighted by atomic mass is 35.5. The third-order valence-corrected chi connectivity index (χ3v) is 4.22. The number of benzene rings is 1. The van der Waals surface area contributed by atoms with Gasteiger partial charge in [0.1, 0.15) is 0 Å². The van der Waals surface area contributed by atoms with E-state index in [0.717, 1.165) is 24.3 Å². The Labute approximate surface area is 152 Å². The van der Waals surface area contributed by atoms with Crippen molar-refractivity contribution < 1.29 is 14.4 Å². The molecule has 1 aliphatic rings. The smallest absolute Gasteiger partial charge is 0.242 e. The molecular weight excluding hydrogens is 344 g/mol. The van der Waals surface area contributed by atoms with E-state index in [0.29, 0.717) is 24.7 Å². The lowest BCUT2D eigenvalue weighted by Crippen LogP contribution is -2.50. The largest absolute Gasteiger partial charge is 0.347 e. The van der Waals surface area contributed by atoms with Crippen LogP contribution in [0.4, 0.5) is 5.69 Å². The molecule has 1 aromatic carbocycles. The Kier molecular flexibility index (Phi) is 6.78. The van der Waals surface area contributed by atoms with Crippen molar-refractivity contribution in [2.75, 3.05) is 38.0 Å². The van der Waals surface area contributed by atoms with Crippen LogP contribution in [0, 0.1) is 0 Å². The van der Waals surface area contributed by atoms with Gasteiger partial charge in [-0.05, 0) is 23.8 Å². The lowest BCUT2D eigenvalue weighted by molar-refractivity contribution is -0.134. The summed E-state index contributed by atoms with van der Waals surface area (Å²) >= 11 is 6.08. The number of hydrogen-bond acceptors (Lipinski definition) is 4. The zero-order valence-electron chi connectivity index (χ0n) is 14.5. The van der Waals surface area contributed by atoms with Gasteiger partial charge in [-0.1, -0.05) is 11.6 Å². The lowest BCUT2D eigenvalue weighted by atomic mass is 10.1. The molecule has 0 bridgehead atoms. The molecule has 2 rings (SSSR count). The minimum absolute atomic E-state index is 0.0380. The van der Waals surface area contributed by atoms with Crippen LogP contribution in [0.2, 0.25) is 5.02 Å². The second-order valence-electron chi connectivity index (χ2n) is 6.05. The summed E-state index contributed by atoms with van der Waals surface area (Å²) in [4.78, 5) is 38.2. The van der Waals surface area contributed by atoms with Gasteiger partial charge in [-0.3, -0.25) is 19.3 Å². The predicted octanol–water partition coefficient (Wildman–Crippen LogP) is 1.08. The Hall–Kier alpha value is -2.12. The number of piperazine rings is 1. The molecule has 1 heterocycles. The van der Waals surface area contributed by atoms with Crippen molar-refractivity contribution in [3.05, 3.63) is 28.8 Å². The van der Waals surface area contributed by atoms with E-state index in [1.165, 1.54) is 13.8 Å². The molecule has 1 saturated heterocycles. The Morgan fingerprint density at radius 3 is 2.36 bits per heavy atom. The Balaban J connectivity index is 1.91. The number of nitrogens with one attached hydrogen (secondary N) is 2. The molecule has 0 aliphatic carbocycles. The molecule has 1 fully saturated rings. The molecule has 0 aromatic heterocycles. The van der Waals surface area contributed by atoms with Crippen molar-refractivity contribution in [2.45, 2.75) is 20.4 Å². The summed E-state index contributed by atoms with van der Waals surface area (Å²) in [5.41, 5.74) is 1.70. The van der Waals surface area contributed by atoms with Crippen molar-refractivity contribution in [1.82, 2.24) is 15.1 Å². The van der Waals surface area contributed by atoms with Gasteiger partial charge in [-0.25, -0.2) is 0 Å². The summed E-state index contributed by atoms with van der Waals surface area (Å²) in [5.74, 6) is -0.410. The van der Waals surface area contributed by atoms with Gasteiger partial charge in [0, 0.05) is 57.3 Å². The molecule has 0 atom stereocenters. The molecule has 8 heteroatoms. The van der Waals surface area contributed by atoms with Crippen molar-refractivity contribution in [3.8, 4) is 0 Å². The molecule has 1 aliphatic heterocycles. The zero-order chi connectivity index (χ0) is 18.4. The maximum absolute atomic E-state index is 12.0. The second kappa shape index (κ2) is 8.82. The van der Waals surface area contributed by atoms with Crippen LogP contribution < -0.4 is 10.6 Å². The van der Waals surface area contributed by atoms with Crippen LogP contribution in [0.3, 0.4) is 0 Å². The maximum Gasteiger partial charge on any atom is 0.242 e. The third-order valence-electron chi connectivity index (χ3n) is 3.99. The van der Waals surface area contributed by atoms with Crippen LogP contribution in [0.25, 0.3) is 0 Å². The fourth-order valence-corrected chi connectivity index (χ4v) is 2.91. The van der Waals surface area contributed by atoms with Gasteiger partial charge in [0.25, 0.3) is 0 Å². The molecule has 1 aromatic rings. The van der Waals surface area contributed by atoms with Gasteiger partial charge >= 0.3 is 0 Å². The van der Waals surface area contributed by atoms with E-state index < -0.39 is 0 Å². The molecule has 0 unspecified atom stereocenters. The van der Waals surface area contributed by atoms with Gasteiger partial charge in [0.05, 0.1) is 6.54 Å². The fourth-order valence-electron chi connectivity index (χ4n) is 2.71. The monoisotopic (exact) mass is 366 g/mol. The van der Waals surface area contributed by atoms with E-state index >= 15 is 0 Å². The second-order valence-corrected chi connectivity index (χ2v) is 6.49. The molecule has 136 valence electrons. The van der Waals surface area contributed by atoms with E-state index in [4.69, 9.17) is 11.6 Å². The predicted molar refractivity (Wildman–Crippen MR) is 96.3 cm³/mol. The zero-order valence-corrected chi connectivity index (χ0v) is 15.2. The number of amides is 3. The number of rotatable bonds is 5. The average molecular weight is 367 g/mol. The highest BCUT2D eigenvalue weighted by Gasteiger charge is 2.21. The summed E-state index contributed by atoms with van der Waals surface area (Å²) in [7, 11) is 0. The van der Waals surface area contributed by atoms with Crippen molar-refractivity contribution in [3.63, 3.8) is 0 Å². The van der Waals surface area contributed by atoms with Crippen molar-refractivity contribution in [1.29, 1.82) is 0 Å². The van der Waals surface area contributed by atoms with Crippen LogP contribution in [0.5, 0.6) is 0 Å². The summed E-state index contributed by atoms with van der Waals surface area (Å²) in [6.45, 7) is 6.19. The van der Waals surface area contributed by atoms with Gasteiger partial charge in [0.2, 0.25) is 17.7 Å². The van der Waals surface area contributed by atoms with Gasteiger partial charge in [-0.2, -0.15) is 0 Å². The first kappa shape index (κ1) is 19.2. The number of carbonyl (C=O) groups is 3. The summed E-state index contributed by atoms with van der Waals surface area (Å²) in [6.07, 6.45) is 0. The van der Waals surface area contributed by atoms with E-state index in [1.807, 2.05) is 6.07 Å². The first-order valence-corrected chi connectivity index (χ1v) is 8.53. The first-order valence-electron chi connectivity index (χ1n) is 8.15. The molecule has 25 heavy (non-hydrogen) atoms. The van der Waals surface area contributed by atoms with Crippen molar-refractivity contribution >= 4 is 35.0 Å². The van der Waals surface area contributed by atoms with Crippen LogP contribution >= 0.6 is 11.6 Å². The standard InChI is InChI=1S/C17H23ClN4O3/c1-12(23)19-10-17(25)22-7-5-21(6-8-22)11-14-9-15(18)3-4-16(14)20-13(2)24/h3-4,9H,5-8,10-11H2,1-2H3,(H,19,23)(H,20,24). The molecule has 0 radical (unpaired) electrons. The van der Waals surface area contributed by atoms with E-state index in [-0.39, 0.29) is 24.3 Å². The number of nitrogens with zero attached hydrogens (tertiary/aromatic N) is 2. The Bertz CT molecular complexity index is 657. The Morgan fingerprint density at radius 2 is 1.76 bits per heavy atom. The average Bonchev–Trinajstić information content (AvgIpc) is 2.55. The van der Waals surface area contributed by atoms with Crippen molar-refractivity contribution in [2.24, 2.45) is 0 Å². The van der Waals surface area contributed by atoms with E-state index in [2.05, 4.69) is 15.5 Å². The third kappa shape index (κ3) is 6.03. The fraction of sp³-hybridized carbons (Fsp3) is 0.471. The Morgan fingerprint density at radius 1 is 1.08 bits per heavy atom. The topological polar surface area (TPSA) is 81.8 Å². The summed E-state index contributed by atoms with van der Waals surface area (Å²) in [6, 6.07) is 5.39.